The largest absolute Gasteiger partial charge is 0.352 e. The average Bonchev–Trinajstić information content (AvgIpc) is 3.20. The number of sulfonamides is 1. The van der Waals surface area contributed by atoms with Crippen molar-refractivity contribution in [3.05, 3.63) is 59.9 Å². The highest BCUT2D eigenvalue weighted by Crippen LogP contribution is 2.21. The van der Waals surface area contributed by atoms with E-state index in [9.17, 15) is 13.2 Å². The summed E-state index contributed by atoms with van der Waals surface area (Å²) >= 11 is 0. The summed E-state index contributed by atoms with van der Waals surface area (Å²) in [6.45, 7) is 4.98. The van der Waals surface area contributed by atoms with Gasteiger partial charge in [-0.1, -0.05) is 12.1 Å². The van der Waals surface area contributed by atoms with Crippen molar-refractivity contribution in [1.82, 2.24) is 24.3 Å². The lowest BCUT2D eigenvalue weighted by Gasteiger charge is -2.34. The molecule has 9 nitrogen and oxygen atoms in total. The van der Waals surface area contributed by atoms with Crippen LogP contribution in [0.1, 0.15) is 23.0 Å². The first-order valence-electron chi connectivity index (χ1n) is 9.57. The Morgan fingerprint density at radius 3 is 2.27 bits per heavy atom. The summed E-state index contributed by atoms with van der Waals surface area (Å²) in [4.78, 5) is 13.7. The molecule has 2 aromatic heterocycles. The molecule has 4 rings (SSSR count). The van der Waals surface area contributed by atoms with Crippen LogP contribution in [-0.2, 0) is 10.0 Å². The number of aromatic nitrogens is 4. The number of hydrogen-bond acceptors (Lipinski definition) is 7. The van der Waals surface area contributed by atoms with E-state index in [1.165, 1.54) is 23.4 Å². The van der Waals surface area contributed by atoms with Gasteiger partial charge in [-0.2, -0.15) is 9.40 Å². The van der Waals surface area contributed by atoms with Gasteiger partial charge in [0.1, 0.15) is 0 Å². The number of nitrogens with zero attached hydrogens (tertiary/aromatic N) is 6. The van der Waals surface area contributed by atoms with Gasteiger partial charge in [0.25, 0.3) is 0 Å². The average molecular weight is 427 g/mol. The van der Waals surface area contributed by atoms with Crippen molar-refractivity contribution < 1.29 is 13.2 Å². The second kappa shape index (κ2) is 7.96. The minimum Gasteiger partial charge on any atom is -0.352 e. The van der Waals surface area contributed by atoms with Gasteiger partial charge < -0.3 is 4.90 Å². The van der Waals surface area contributed by atoms with Gasteiger partial charge in [-0.25, -0.2) is 13.1 Å². The molecule has 1 aliphatic heterocycles. The van der Waals surface area contributed by atoms with Crippen LogP contribution in [0, 0.1) is 6.92 Å². The zero-order chi connectivity index (χ0) is 21.3. The lowest BCUT2D eigenvalue weighted by atomic mass is 10.2. The first-order chi connectivity index (χ1) is 14.3. The van der Waals surface area contributed by atoms with Gasteiger partial charge in [0.15, 0.2) is 17.4 Å². The van der Waals surface area contributed by atoms with E-state index in [1.807, 2.05) is 36.2 Å². The van der Waals surface area contributed by atoms with E-state index < -0.39 is 10.0 Å². The SMILES string of the molecule is CC(=O)c1cccc(S(=O)(=O)N2CCN(c3ccc(-n4ccc(C)n4)nn3)CC2)c1. The predicted octanol–water partition coefficient (Wildman–Crippen LogP) is 1.68. The van der Waals surface area contributed by atoms with Crippen LogP contribution in [0.3, 0.4) is 0 Å². The summed E-state index contributed by atoms with van der Waals surface area (Å²) in [5, 5.41) is 12.8. The molecule has 10 heteroatoms. The Balaban J connectivity index is 1.44. The van der Waals surface area contributed by atoms with Crippen molar-refractivity contribution in [3.63, 3.8) is 0 Å². The highest BCUT2D eigenvalue weighted by Gasteiger charge is 2.29. The fourth-order valence-electron chi connectivity index (χ4n) is 3.33. The molecule has 0 N–H and O–H groups in total. The number of Topliss-reactive ketones (excluding diaryl/α,β-unsaturated/α-hetero) is 1. The quantitative estimate of drug-likeness (QED) is 0.572. The zero-order valence-corrected chi connectivity index (χ0v) is 17.6. The number of rotatable bonds is 5. The molecule has 0 amide bonds. The van der Waals surface area contributed by atoms with Gasteiger partial charge in [-0.3, -0.25) is 4.79 Å². The van der Waals surface area contributed by atoms with Gasteiger partial charge in [0.2, 0.25) is 10.0 Å². The minimum absolute atomic E-state index is 0.141. The Morgan fingerprint density at radius 2 is 1.67 bits per heavy atom. The standard InChI is InChI=1S/C20H22N6O3S/c1-15-8-9-26(23-15)20-7-6-19(21-22-20)24-10-12-25(13-11-24)30(28,29)18-5-3-4-17(14-18)16(2)27/h3-9,14H,10-13H2,1-2H3. The molecule has 156 valence electrons. The Bertz CT molecular complexity index is 1170. The highest BCUT2D eigenvalue weighted by molar-refractivity contribution is 7.89. The first kappa shape index (κ1) is 20.2. The van der Waals surface area contributed by atoms with Crippen molar-refractivity contribution in [2.24, 2.45) is 0 Å². The fraction of sp³-hybridized carbons (Fsp3) is 0.300. The summed E-state index contributed by atoms with van der Waals surface area (Å²) in [5.41, 5.74) is 1.28. The molecular weight excluding hydrogens is 404 g/mol. The number of carbonyl (C=O) groups excluding carboxylic acids is 1. The highest BCUT2D eigenvalue weighted by atomic mass is 32.2. The van der Waals surface area contributed by atoms with Crippen LogP contribution in [0.4, 0.5) is 5.82 Å². The van der Waals surface area contributed by atoms with Crippen molar-refractivity contribution in [2.45, 2.75) is 18.7 Å². The summed E-state index contributed by atoms with van der Waals surface area (Å²) in [6, 6.07) is 11.8. The van der Waals surface area contributed by atoms with E-state index in [0.717, 1.165) is 5.69 Å². The predicted molar refractivity (Wildman–Crippen MR) is 111 cm³/mol. The number of piperazine rings is 1. The molecule has 30 heavy (non-hydrogen) atoms. The van der Waals surface area contributed by atoms with Crippen molar-refractivity contribution in [2.75, 3.05) is 31.1 Å². The number of anilines is 1. The topological polar surface area (TPSA) is 101 Å². The van der Waals surface area contributed by atoms with Gasteiger partial charge >= 0.3 is 0 Å². The van der Waals surface area contributed by atoms with E-state index in [2.05, 4.69) is 15.3 Å². The Kier molecular flexibility index (Phi) is 5.35. The molecule has 0 radical (unpaired) electrons. The van der Waals surface area contributed by atoms with Crippen molar-refractivity contribution in [1.29, 1.82) is 0 Å². The first-order valence-corrected chi connectivity index (χ1v) is 11.0. The van der Waals surface area contributed by atoms with Crippen LogP contribution >= 0.6 is 0 Å². The number of ketones is 1. The van der Waals surface area contributed by atoms with Crippen molar-refractivity contribution >= 4 is 21.6 Å². The van der Waals surface area contributed by atoms with E-state index in [-0.39, 0.29) is 10.7 Å². The lowest BCUT2D eigenvalue weighted by molar-refractivity contribution is 0.101. The molecule has 0 aliphatic carbocycles. The van der Waals surface area contributed by atoms with Crippen molar-refractivity contribution in [3.8, 4) is 5.82 Å². The Hall–Kier alpha value is -3.11. The molecule has 0 spiro atoms. The smallest absolute Gasteiger partial charge is 0.243 e. The summed E-state index contributed by atoms with van der Waals surface area (Å²) in [7, 11) is -3.66. The number of aryl methyl sites for hydroxylation is 1. The molecule has 0 bridgehead atoms. The van der Waals surface area contributed by atoms with Crippen LogP contribution in [0.2, 0.25) is 0 Å². The van der Waals surface area contributed by atoms with Gasteiger partial charge in [-0.05, 0) is 44.2 Å². The molecule has 0 unspecified atom stereocenters. The van der Waals surface area contributed by atoms with Gasteiger partial charge in [0, 0.05) is 37.9 Å². The van der Waals surface area contributed by atoms with E-state index >= 15 is 0 Å². The molecule has 3 heterocycles. The number of carbonyl (C=O) groups is 1. The maximum Gasteiger partial charge on any atom is 0.243 e. The van der Waals surface area contributed by atoms with Gasteiger partial charge in [0.05, 0.1) is 10.6 Å². The third-order valence-electron chi connectivity index (χ3n) is 5.03. The minimum atomic E-state index is -3.66. The normalized spacial score (nSPS) is 15.3. The van der Waals surface area contributed by atoms with Crippen LogP contribution in [-0.4, -0.2) is 64.7 Å². The molecule has 1 aromatic carbocycles. The maximum atomic E-state index is 13.0. The maximum absolute atomic E-state index is 13.0. The summed E-state index contributed by atoms with van der Waals surface area (Å²) < 4.78 is 29.0. The monoisotopic (exact) mass is 426 g/mol. The molecule has 1 aliphatic rings. The molecule has 1 fully saturated rings. The number of hydrogen-bond donors (Lipinski definition) is 0. The van der Waals surface area contributed by atoms with E-state index in [1.54, 1.807) is 16.8 Å². The third kappa shape index (κ3) is 3.96. The molecule has 0 saturated carbocycles. The zero-order valence-electron chi connectivity index (χ0n) is 16.8. The van der Waals surface area contributed by atoms with E-state index in [0.29, 0.717) is 43.4 Å². The van der Waals surface area contributed by atoms with E-state index in [4.69, 9.17) is 0 Å². The Labute approximate surface area is 175 Å². The number of benzene rings is 1. The third-order valence-corrected chi connectivity index (χ3v) is 6.93. The van der Waals surface area contributed by atoms with Crippen LogP contribution < -0.4 is 4.90 Å². The molecule has 0 atom stereocenters. The molecule has 3 aromatic rings. The molecular formula is C20H22N6O3S. The molecule has 1 saturated heterocycles. The lowest BCUT2D eigenvalue weighted by Crippen LogP contribution is -2.49. The van der Waals surface area contributed by atoms with Crippen LogP contribution in [0.5, 0.6) is 0 Å². The second-order valence-corrected chi connectivity index (χ2v) is 9.06. The summed E-state index contributed by atoms with van der Waals surface area (Å²) in [6.07, 6.45) is 1.82. The van der Waals surface area contributed by atoms with Crippen LogP contribution in [0.15, 0.2) is 53.6 Å². The van der Waals surface area contributed by atoms with Gasteiger partial charge in [-0.15, -0.1) is 10.2 Å². The second-order valence-electron chi connectivity index (χ2n) is 7.13. The Morgan fingerprint density at radius 1 is 0.967 bits per heavy atom. The summed E-state index contributed by atoms with van der Waals surface area (Å²) in [5.74, 6) is 1.15. The van der Waals surface area contributed by atoms with Crippen LogP contribution in [0.25, 0.3) is 5.82 Å². The fourth-order valence-corrected chi connectivity index (χ4v) is 4.80.